The third kappa shape index (κ3) is 2.50. The van der Waals surface area contributed by atoms with E-state index in [-0.39, 0.29) is 12.2 Å². The van der Waals surface area contributed by atoms with Crippen molar-refractivity contribution in [2.24, 2.45) is 7.05 Å². The molecule has 0 amide bonds. The summed E-state index contributed by atoms with van der Waals surface area (Å²) < 4.78 is 19.3. The van der Waals surface area contributed by atoms with Crippen molar-refractivity contribution >= 4 is 5.97 Å². The van der Waals surface area contributed by atoms with E-state index in [9.17, 15) is 9.18 Å². The summed E-state index contributed by atoms with van der Waals surface area (Å²) in [7, 11) is 1.42. The number of aryl methyl sites for hydroxylation is 1. The van der Waals surface area contributed by atoms with Gasteiger partial charge in [0.05, 0.1) is 6.20 Å². The zero-order valence-corrected chi connectivity index (χ0v) is 9.26. The number of ether oxygens (including phenoxy) is 1. The van der Waals surface area contributed by atoms with Crippen molar-refractivity contribution in [2.45, 2.75) is 6.61 Å². The molecule has 0 unspecified atom stereocenters. The van der Waals surface area contributed by atoms with Gasteiger partial charge in [-0.3, -0.25) is 0 Å². The number of halogens is 1. The maximum Gasteiger partial charge on any atom is 0.344 e. The average Bonchev–Trinajstić information content (AvgIpc) is 2.69. The number of nitrogens with zero attached hydrogens (tertiary/aromatic N) is 2. The number of benzene rings is 1. The van der Waals surface area contributed by atoms with Crippen LogP contribution >= 0.6 is 0 Å². The van der Waals surface area contributed by atoms with Crippen LogP contribution in [0.25, 0.3) is 0 Å². The van der Waals surface area contributed by atoms with E-state index in [0.717, 1.165) is 16.4 Å². The normalized spacial score (nSPS) is 10.2. The van der Waals surface area contributed by atoms with E-state index >= 15 is 0 Å². The first-order valence-corrected chi connectivity index (χ1v) is 5.07. The van der Waals surface area contributed by atoms with Gasteiger partial charge in [-0.1, -0.05) is 30.3 Å². The molecule has 1 heterocycles. The van der Waals surface area contributed by atoms with Crippen LogP contribution in [-0.2, 0) is 18.4 Å². The molecule has 0 aliphatic rings. The lowest BCUT2D eigenvalue weighted by Crippen LogP contribution is -2.07. The molecule has 0 spiro atoms. The van der Waals surface area contributed by atoms with E-state index in [1.54, 1.807) is 0 Å². The number of rotatable bonds is 3. The first-order valence-electron chi connectivity index (χ1n) is 5.07. The standard InChI is InChI=1S/C12H11FN2O2/c1-15-11(13)10(7-14-15)12(16)17-8-9-5-3-2-4-6-9/h2-7H,8H2,1H3. The van der Waals surface area contributed by atoms with Gasteiger partial charge in [-0.05, 0) is 5.56 Å². The fourth-order valence-electron chi connectivity index (χ4n) is 1.36. The molecule has 0 aliphatic carbocycles. The highest BCUT2D eigenvalue weighted by Crippen LogP contribution is 2.09. The van der Waals surface area contributed by atoms with Crippen LogP contribution in [0.2, 0.25) is 0 Å². The van der Waals surface area contributed by atoms with Crippen LogP contribution in [0.1, 0.15) is 15.9 Å². The summed E-state index contributed by atoms with van der Waals surface area (Å²) in [5.74, 6) is -1.40. The van der Waals surface area contributed by atoms with Gasteiger partial charge in [-0.25, -0.2) is 9.48 Å². The molecule has 0 saturated carbocycles. The topological polar surface area (TPSA) is 44.1 Å². The molecule has 0 bridgehead atoms. The molecule has 17 heavy (non-hydrogen) atoms. The van der Waals surface area contributed by atoms with Gasteiger partial charge < -0.3 is 4.74 Å². The second-order valence-electron chi connectivity index (χ2n) is 3.53. The van der Waals surface area contributed by atoms with Crippen LogP contribution in [0, 0.1) is 5.95 Å². The molecule has 0 N–H and O–H groups in total. The molecule has 1 aromatic carbocycles. The highest BCUT2D eigenvalue weighted by Gasteiger charge is 2.17. The molecule has 0 fully saturated rings. The monoisotopic (exact) mass is 234 g/mol. The zero-order chi connectivity index (χ0) is 12.3. The van der Waals surface area contributed by atoms with Crippen molar-refractivity contribution in [2.75, 3.05) is 0 Å². The Balaban J connectivity index is 2.01. The minimum atomic E-state index is -0.709. The van der Waals surface area contributed by atoms with Crippen molar-refractivity contribution < 1.29 is 13.9 Å². The Morgan fingerprint density at radius 1 is 1.41 bits per heavy atom. The van der Waals surface area contributed by atoms with Gasteiger partial charge in [-0.15, -0.1) is 0 Å². The fourth-order valence-corrected chi connectivity index (χ4v) is 1.36. The number of carbonyl (C=O) groups is 1. The van der Waals surface area contributed by atoms with Crippen molar-refractivity contribution in [1.82, 2.24) is 9.78 Å². The lowest BCUT2D eigenvalue weighted by atomic mass is 10.2. The Labute approximate surface area is 97.6 Å². The van der Waals surface area contributed by atoms with Crippen LogP contribution < -0.4 is 0 Å². The van der Waals surface area contributed by atoms with Crippen molar-refractivity contribution in [3.63, 3.8) is 0 Å². The smallest absolute Gasteiger partial charge is 0.344 e. The molecule has 0 aliphatic heterocycles. The predicted molar refractivity (Wildman–Crippen MR) is 58.7 cm³/mol. The van der Waals surface area contributed by atoms with Crippen LogP contribution in [0.15, 0.2) is 36.5 Å². The Kier molecular flexibility index (Phi) is 3.18. The number of hydrogen-bond acceptors (Lipinski definition) is 3. The van der Waals surface area contributed by atoms with E-state index in [0.29, 0.717) is 0 Å². The van der Waals surface area contributed by atoms with Crippen molar-refractivity contribution in [1.29, 1.82) is 0 Å². The Bertz CT molecular complexity index is 523. The third-order valence-electron chi connectivity index (χ3n) is 2.30. The van der Waals surface area contributed by atoms with Crippen molar-refractivity contribution in [3.8, 4) is 0 Å². The largest absolute Gasteiger partial charge is 0.457 e. The highest BCUT2D eigenvalue weighted by atomic mass is 19.1. The summed E-state index contributed by atoms with van der Waals surface area (Å²) in [6, 6.07) is 9.20. The Hall–Kier alpha value is -2.17. The lowest BCUT2D eigenvalue weighted by molar-refractivity contribution is 0.0466. The Morgan fingerprint density at radius 2 is 2.12 bits per heavy atom. The van der Waals surface area contributed by atoms with Gasteiger partial charge >= 0.3 is 5.97 Å². The van der Waals surface area contributed by atoms with Crippen LogP contribution in [0.3, 0.4) is 0 Å². The summed E-state index contributed by atoms with van der Waals surface area (Å²) in [5, 5.41) is 3.63. The molecule has 2 rings (SSSR count). The first kappa shape index (κ1) is 11.3. The SMILES string of the molecule is Cn1ncc(C(=O)OCc2ccccc2)c1F. The van der Waals surface area contributed by atoms with E-state index < -0.39 is 11.9 Å². The number of carbonyl (C=O) groups excluding carboxylic acids is 1. The Morgan fingerprint density at radius 3 is 2.71 bits per heavy atom. The number of esters is 1. The van der Waals surface area contributed by atoms with E-state index in [1.165, 1.54) is 7.05 Å². The molecule has 88 valence electrons. The molecular weight excluding hydrogens is 223 g/mol. The highest BCUT2D eigenvalue weighted by molar-refractivity contribution is 5.89. The third-order valence-corrected chi connectivity index (χ3v) is 2.30. The first-order chi connectivity index (χ1) is 8.18. The number of aromatic nitrogens is 2. The fraction of sp³-hybridized carbons (Fsp3) is 0.167. The molecule has 0 atom stereocenters. The van der Waals surface area contributed by atoms with Gasteiger partial charge in [0, 0.05) is 7.05 Å². The second kappa shape index (κ2) is 4.78. The summed E-state index contributed by atoms with van der Waals surface area (Å²) in [5.41, 5.74) is 0.702. The van der Waals surface area contributed by atoms with E-state index in [4.69, 9.17) is 4.74 Å². The number of hydrogen-bond donors (Lipinski definition) is 0. The van der Waals surface area contributed by atoms with Gasteiger partial charge in [0.15, 0.2) is 0 Å². The van der Waals surface area contributed by atoms with Crippen LogP contribution in [-0.4, -0.2) is 15.7 Å². The summed E-state index contributed by atoms with van der Waals surface area (Å²) >= 11 is 0. The van der Waals surface area contributed by atoms with E-state index in [1.807, 2.05) is 30.3 Å². The molecule has 2 aromatic rings. The molecular formula is C12H11FN2O2. The van der Waals surface area contributed by atoms with Crippen LogP contribution in [0.5, 0.6) is 0 Å². The van der Waals surface area contributed by atoms with E-state index in [2.05, 4.69) is 5.10 Å². The summed E-state index contributed by atoms with van der Waals surface area (Å²) in [4.78, 5) is 11.5. The van der Waals surface area contributed by atoms with Gasteiger partial charge in [0.1, 0.15) is 12.2 Å². The molecule has 0 saturated heterocycles. The average molecular weight is 234 g/mol. The molecule has 0 radical (unpaired) electrons. The second-order valence-corrected chi connectivity index (χ2v) is 3.53. The quantitative estimate of drug-likeness (QED) is 0.762. The summed E-state index contributed by atoms with van der Waals surface area (Å²) in [6.45, 7) is 0.119. The lowest BCUT2D eigenvalue weighted by Gasteiger charge is -2.03. The van der Waals surface area contributed by atoms with Crippen molar-refractivity contribution in [3.05, 3.63) is 53.6 Å². The maximum absolute atomic E-state index is 13.3. The zero-order valence-electron chi connectivity index (χ0n) is 9.26. The maximum atomic E-state index is 13.3. The van der Waals surface area contributed by atoms with Gasteiger partial charge in [0.25, 0.3) is 0 Å². The van der Waals surface area contributed by atoms with Gasteiger partial charge in [-0.2, -0.15) is 9.49 Å². The predicted octanol–water partition coefficient (Wildman–Crippen LogP) is 1.92. The summed E-state index contributed by atoms with van der Waals surface area (Å²) in [6.07, 6.45) is 1.16. The molecule has 1 aromatic heterocycles. The van der Waals surface area contributed by atoms with Gasteiger partial charge in [0.2, 0.25) is 5.95 Å². The minimum absolute atomic E-state index is 0.119. The van der Waals surface area contributed by atoms with Crippen LogP contribution in [0.4, 0.5) is 4.39 Å². The minimum Gasteiger partial charge on any atom is -0.457 e. The molecule has 4 nitrogen and oxygen atoms in total. The molecule has 5 heteroatoms.